The fourth-order valence-corrected chi connectivity index (χ4v) is 2.79. The number of hydrogen-bond donors (Lipinski definition) is 0. The molecular weight excluding hydrogens is 360 g/mol. The highest BCUT2D eigenvalue weighted by atomic mass is 16.6. The van der Waals surface area contributed by atoms with Gasteiger partial charge in [0.25, 0.3) is 5.69 Å². The molecule has 0 aliphatic heterocycles. The number of aryl methyl sites for hydroxylation is 1. The Morgan fingerprint density at radius 3 is 2.68 bits per heavy atom. The third-order valence-electron chi connectivity index (χ3n) is 4.59. The van der Waals surface area contributed by atoms with Gasteiger partial charge in [-0.3, -0.25) is 14.9 Å². The molecule has 1 amide bonds. The number of nitro groups is 1. The van der Waals surface area contributed by atoms with Gasteiger partial charge >= 0.3 is 0 Å². The maximum atomic E-state index is 12.5. The SMILES string of the molecule is C[C@@H](c1cccc([N+](=O)[O-])c1)N(C)C(=O)CCc1nc(-c2ccccc2)no1. The van der Waals surface area contributed by atoms with E-state index < -0.39 is 4.92 Å². The number of carbonyl (C=O) groups is 1. The van der Waals surface area contributed by atoms with Crippen molar-refractivity contribution in [1.29, 1.82) is 0 Å². The van der Waals surface area contributed by atoms with E-state index in [1.54, 1.807) is 24.1 Å². The predicted molar refractivity (Wildman–Crippen MR) is 102 cm³/mol. The van der Waals surface area contributed by atoms with Gasteiger partial charge in [-0.25, -0.2) is 0 Å². The largest absolute Gasteiger partial charge is 0.339 e. The van der Waals surface area contributed by atoms with Crippen LogP contribution < -0.4 is 0 Å². The molecule has 0 N–H and O–H groups in total. The van der Waals surface area contributed by atoms with Crippen LogP contribution in [-0.2, 0) is 11.2 Å². The summed E-state index contributed by atoms with van der Waals surface area (Å²) in [5, 5.41) is 14.9. The minimum Gasteiger partial charge on any atom is -0.339 e. The summed E-state index contributed by atoms with van der Waals surface area (Å²) in [5.74, 6) is 0.767. The zero-order chi connectivity index (χ0) is 20.1. The molecule has 8 nitrogen and oxygen atoms in total. The summed E-state index contributed by atoms with van der Waals surface area (Å²) in [6.07, 6.45) is 0.525. The molecule has 8 heteroatoms. The van der Waals surface area contributed by atoms with Gasteiger partial charge in [0.15, 0.2) is 0 Å². The first-order valence-electron chi connectivity index (χ1n) is 8.83. The molecule has 144 valence electrons. The highest BCUT2D eigenvalue weighted by Crippen LogP contribution is 2.24. The first-order valence-corrected chi connectivity index (χ1v) is 8.83. The molecule has 0 radical (unpaired) electrons. The summed E-state index contributed by atoms with van der Waals surface area (Å²) in [6, 6.07) is 15.5. The van der Waals surface area contributed by atoms with E-state index in [4.69, 9.17) is 4.52 Å². The van der Waals surface area contributed by atoms with Crippen LogP contribution in [0.25, 0.3) is 11.4 Å². The van der Waals surface area contributed by atoms with E-state index >= 15 is 0 Å². The maximum Gasteiger partial charge on any atom is 0.269 e. The normalized spacial score (nSPS) is 11.8. The van der Waals surface area contributed by atoms with Crippen LogP contribution >= 0.6 is 0 Å². The monoisotopic (exact) mass is 380 g/mol. The van der Waals surface area contributed by atoms with Gasteiger partial charge < -0.3 is 9.42 Å². The standard InChI is InChI=1S/C20H20N4O4/c1-14(16-9-6-10-17(13-16)24(26)27)23(2)19(25)12-11-18-21-20(22-28-18)15-7-4-3-5-8-15/h3-10,13-14H,11-12H2,1-2H3/t14-/m0/s1. The van der Waals surface area contributed by atoms with Gasteiger partial charge in [0.2, 0.25) is 17.6 Å². The van der Waals surface area contributed by atoms with Crippen molar-refractivity contribution >= 4 is 11.6 Å². The van der Waals surface area contributed by atoms with Crippen molar-refractivity contribution in [1.82, 2.24) is 15.0 Å². The summed E-state index contributed by atoms with van der Waals surface area (Å²) in [4.78, 5) is 28.9. The lowest BCUT2D eigenvalue weighted by Gasteiger charge is -2.25. The third-order valence-corrected chi connectivity index (χ3v) is 4.59. The Morgan fingerprint density at radius 1 is 1.21 bits per heavy atom. The summed E-state index contributed by atoms with van der Waals surface area (Å²) in [7, 11) is 1.68. The lowest BCUT2D eigenvalue weighted by Crippen LogP contribution is -2.29. The minimum absolute atomic E-state index is 0.00417. The second-order valence-electron chi connectivity index (χ2n) is 6.41. The summed E-state index contributed by atoms with van der Waals surface area (Å²) in [6.45, 7) is 1.83. The molecule has 1 heterocycles. The molecule has 28 heavy (non-hydrogen) atoms. The van der Waals surface area contributed by atoms with Crippen LogP contribution in [0.5, 0.6) is 0 Å². The Labute approximate surface area is 161 Å². The molecule has 3 aromatic rings. The highest BCUT2D eigenvalue weighted by molar-refractivity contribution is 5.76. The predicted octanol–water partition coefficient (Wildman–Crippen LogP) is 3.80. The maximum absolute atomic E-state index is 12.5. The number of benzene rings is 2. The van der Waals surface area contributed by atoms with Crippen molar-refractivity contribution in [2.24, 2.45) is 0 Å². The Bertz CT molecular complexity index is 971. The van der Waals surface area contributed by atoms with E-state index in [9.17, 15) is 14.9 Å². The molecule has 0 unspecified atom stereocenters. The molecule has 3 rings (SSSR count). The number of nitro benzene ring substituents is 1. The molecule has 2 aromatic carbocycles. The average molecular weight is 380 g/mol. The first kappa shape index (κ1) is 19.2. The average Bonchev–Trinajstić information content (AvgIpc) is 3.20. The van der Waals surface area contributed by atoms with Gasteiger partial charge in [-0.1, -0.05) is 47.6 Å². The lowest BCUT2D eigenvalue weighted by molar-refractivity contribution is -0.384. The molecule has 0 saturated heterocycles. The Balaban J connectivity index is 1.61. The Hall–Kier alpha value is -3.55. The van der Waals surface area contributed by atoms with E-state index in [2.05, 4.69) is 10.1 Å². The van der Waals surface area contributed by atoms with Gasteiger partial charge in [0.1, 0.15) is 0 Å². The van der Waals surface area contributed by atoms with Gasteiger partial charge in [-0.05, 0) is 12.5 Å². The topological polar surface area (TPSA) is 102 Å². The van der Waals surface area contributed by atoms with Gasteiger partial charge in [-0.2, -0.15) is 4.98 Å². The number of aromatic nitrogens is 2. The lowest BCUT2D eigenvalue weighted by atomic mass is 10.1. The third kappa shape index (κ3) is 4.40. The van der Waals surface area contributed by atoms with Crippen LogP contribution in [0.15, 0.2) is 59.1 Å². The molecule has 0 aliphatic carbocycles. The van der Waals surface area contributed by atoms with E-state index in [-0.39, 0.29) is 24.1 Å². The number of carbonyl (C=O) groups excluding carboxylic acids is 1. The number of non-ortho nitro benzene ring substituents is 1. The van der Waals surface area contributed by atoms with E-state index in [0.29, 0.717) is 23.7 Å². The van der Waals surface area contributed by atoms with Crippen LogP contribution in [0.4, 0.5) is 5.69 Å². The Kier molecular flexibility index (Phi) is 5.78. The molecule has 0 fully saturated rings. The summed E-state index contributed by atoms with van der Waals surface area (Å²) in [5.41, 5.74) is 1.55. The van der Waals surface area contributed by atoms with Crippen LogP contribution in [0.2, 0.25) is 0 Å². The molecule has 1 aromatic heterocycles. The quantitative estimate of drug-likeness (QED) is 0.456. The van der Waals surface area contributed by atoms with Crippen LogP contribution in [0, 0.1) is 10.1 Å². The van der Waals surface area contributed by atoms with Gasteiger partial charge in [-0.15, -0.1) is 0 Å². The van der Waals surface area contributed by atoms with Gasteiger partial charge in [0, 0.05) is 37.6 Å². The number of amides is 1. The molecule has 1 atom stereocenters. The van der Waals surface area contributed by atoms with Crippen LogP contribution in [0.3, 0.4) is 0 Å². The fourth-order valence-electron chi connectivity index (χ4n) is 2.79. The zero-order valence-corrected chi connectivity index (χ0v) is 15.6. The van der Waals surface area contributed by atoms with E-state index in [1.807, 2.05) is 37.3 Å². The minimum atomic E-state index is -0.446. The van der Waals surface area contributed by atoms with Crippen molar-refractivity contribution in [2.45, 2.75) is 25.8 Å². The second-order valence-corrected chi connectivity index (χ2v) is 6.41. The molecule has 0 aliphatic rings. The fraction of sp³-hybridized carbons (Fsp3) is 0.250. The molecule has 0 saturated carbocycles. The number of nitrogens with zero attached hydrogens (tertiary/aromatic N) is 4. The van der Waals surface area contributed by atoms with E-state index in [0.717, 1.165) is 5.56 Å². The van der Waals surface area contributed by atoms with Gasteiger partial charge in [0.05, 0.1) is 11.0 Å². The van der Waals surface area contributed by atoms with Crippen molar-refractivity contribution in [3.63, 3.8) is 0 Å². The van der Waals surface area contributed by atoms with Crippen LogP contribution in [-0.4, -0.2) is 32.9 Å². The number of rotatable bonds is 7. The van der Waals surface area contributed by atoms with Crippen molar-refractivity contribution in [3.05, 3.63) is 76.2 Å². The summed E-state index contributed by atoms with van der Waals surface area (Å²) < 4.78 is 5.23. The van der Waals surface area contributed by atoms with Crippen LogP contribution in [0.1, 0.15) is 30.8 Å². The summed E-state index contributed by atoms with van der Waals surface area (Å²) >= 11 is 0. The Morgan fingerprint density at radius 2 is 1.96 bits per heavy atom. The van der Waals surface area contributed by atoms with E-state index in [1.165, 1.54) is 12.1 Å². The number of hydrogen-bond acceptors (Lipinski definition) is 6. The molecule has 0 spiro atoms. The molecular formula is C20H20N4O4. The second kappa shape index (κ2) is 8.43. The van der Waals surface area contributed by atoms with Crippen molar-refractivity contribution in [3.8, 4) is 11.4 Å². The first-order chi connectivity index (χ1) is 13.5. The molecule has 0 bridgehead atoms. The smallest absolute Gasteiger partial charge is 0.269 e. The zero-order valence-electron chi connectivity index (χ0n) is 15.6. The van der Waals surface area contributed by atoms with Crippen molar-refractivity contribution < 1.29 is 14.2 Å². The van der Waals surface area contributed by atoms with Crippen molar-refractivity contribution in [2.75, 3.05) is 7.05 Å². The highest BCUT2D eigenvalue weighted by Gasteiger charge is 2.20.